The minimum absolute atomic E-state index is 1.44. The summed E-state index contributed by atoms with van der Waals surface area (Å²) in [4.78, 5) is 0. The van der Waals surface area contributed by atoms with Crippen LogP contribution in [0.4, 0.5) is 60.3 Å². The second-order valence-corrected chi connectivity index (χ2v) is 17.6. The van der Waals surface area contributed by atoms with Crippen molar-refractivity contribution < 1.29 is 60.3 Å². The first-order valence-electron chi connectivity index (χ1n) is 3.94. The Morgan fingerprint density at radius 1 is 0.609 bits per heavy atom. The summed E-state index contributed by atoms with van der Waals surface area (Å²) in [5.74, 6) is 0. The molecule has 0 aromatic carbocycles. The van der Waals surface area contributed by atoms with Crippen molar-refractivity contribution in [2.24, 2.45) is 0 Å². The molecule has 0 saturated carbocycles. The Bertz CT molecular complexity index is 388. The van der Waals surface area contributed by atoms with Gasteiger partial charge in [-0.25, -0.2) is 0 Å². The number of rotatable bonds is 2. The van der Waals surface area contributed by atoms with Gasteiger partial charge in [0.1, 0.15) is 0 Å². The van der Waals surface area contributed by atoms with Gasteiger partial charge in [-0.05, 0) is 0 Å². The monoisotopic (exact) mass is 648 g/mol. The Morgan fingerprint density at radius 2 is 0.826 bits per heavy atom. The van der Waals surface area contributed by atoms with E-state index in [9.17, 15) is 60.3 Å². The average molecular weight is 645 g/mol. The van der Waals surface area contributed by atoms with Crippen molar-refractivity contribution in [3.05, 3.63) is 0 Å². The Balaban J connectivity index is 0. The number of alkyl halides is 9. The van der Waals surface area contributed by atoms with E-state index >= 15 is 0 Å². The zero-order valence-corrected chi connectivity index (χ0v) is 16.4. The molecule has 0 fully saturated rings. The fourth-order valence-electron chi connectivity index (χ4n) is 0.346. The van der Waals surface area contributed by atoms with Crippen LogP contribution in [0.25, 0.3) is 0 Å². The van der Waals surface area contributed by atoms with E-state index in [-0.39, 0.29) is 0 Å². The first kappa shape index (κ1) is 26.2. The van der Waals surface area contributed by atoms with Gasteiger partial charge in [-0.2, -0.15) is 0 Å². The predicted molar refractivity (Wildman–Crippen MR) is 52.8 cm³/mol. The summed E-state index contributed by atoms with van der Waals surface area (Å²) >= 11 is -19.2. The van der Waals surface area contributed by atoms with E-state index in [4.69, 9.17) is 0 Å². The van der Waals surface area contributed by atoms with Crippen molar-refractivity contribution in [2.75, 3.05) is 0 Å². The molecule has 0 unspecified atom stereocenters. The molecular formula is C4AsF15Se3. The van der Waals surface area contributed by atoms with Crippen LogP contribution in [-0.2, 0) is 0 Å². The van der Waals surface area contributed by atoms with E-state index in [0.717, 1.165) is 0 Å². The van der Waals surface area contributed by atoms with Crippen molar-refractivity contribution in [1.82, 2.24) is 0 Å². The molecule has 0 N–H and O–H groups in total. The van der Waals surface area contributed by atoms with Crippen LogP contribution in [0, 0.1) is 0 Å². The van der Waals surface area contributed by atoms with Crippen LogP contribution in [0.15, 0.2) is 0 Å². The molecule has 0 saturated heterocycles. The molecule has 0 bridgehead atoms. The zero-order valence-electron chi connectivity index (χ0n) is 9.34. The number of halogens is 15. The summed E-state index contributed by atoms with van der Waals surface area (Å²) in [5, 5.41) is -15.0. The molecule has 0 aromatic rings. The molecule has 0 atom stereocenters. The van der Waals surface area contributed by atoms with Crippen LogP contribution in [0.2, 0.25) is 0 Å². The molecular weight excluding hydrogens is 645 g/mol. The van der Waals surface area contributed by atoms with Gasteiger partial charge in [-0.1, -0.05) is 0 Å². The van der Waals surface area contributed by atoms with Crippen molar-refractivity contribution in [2.45, 2.75) is 15.2 Å². The fraction of sp³-hybridized carbons (Fsp3) is 0.750. The maximum absolute atomic E-state index is 11.7. The molecule has 0 heterocycles. The third-order valence-corrected chi connectivity index (χ3v) is 8.55. The summed E-state index contributed by atoms with van der Waals surface area (Å²) in [6, 6.07) is 0. The number of hydrogen-bond donors (Lipinski definition) is 0. The summed E-state index contributed by atoms with van der Waals surface area (Å²) < 4.78 is 164. The molecule has 0 radical (unpaired) electrons. The quantitative estimate of drug-likeness (QED) is 0.317. The SMILES string of the molecule is FC(F)(F)[Se]C([Se]C(F)(F)F)=[Se+]C(F)(F)F.F[As-](F)(F)(F)(F)F. The van der Waals surface area contributed by atoms with Crippen molar-refractivity contribution in [3.63, 3.8) is 0 Å². The average Bonchev–Trinajstić information content (AvgIpc) is 1.82. The van der Waals surface area contributed by atoms with Crippen molar-refractivity contribution >= 4 is 60.8 Å². The van der Waals surface area contributed by atoms with Gasteiger partial charge in [0, 0.05) is 0 Å². The summed E-state index contributed by atoms with van der Waals surface area (Å²) in [7, 11) is 0. The molecule has 0 aliphatic carbocycles. The standard InChI is InChI=1S/C4F9Se3.AsF6/c5-2(6,7)14-1(15-3(8,9)10)16-4(11,12)13;2-1(3,4,5,6)7/q+1;-1. The van der Waals surface area contributed by atoms with Crippen LogP contribution in [-0.4, -0.2) is 76.0 Å². The van der Waals surface area contributed by atoms with E-state index in [2.05, 4.69) is 0 Å². The van der Waals surface area contributed by atoms with E-state index in [1.807, 2.05) is 0 Å². The van der Waals surface area contributed by atoms with Gasteiger partial charge in [0.2, 0.25) is 0 Å². The second kappa shape index (κ2) is 6.92. The normalized spacial score (nSPS) is 16.7. The van der Waals surface area contributed by atoms with Crippen molar-refractivity contribution in [1.29, 1.82) is 0 Å². The summed E-state index contributed by atoms with van der Waals surface area (Å²) in [6.07, 6.45) is 0. The van der Waals surface area contributed by atoms with Gasteiger partial charge in [0.25, 0.3) is 0 Å². The Kier molecular flexibility index (Phi) is 7.87. The summed E-state index contributed by atoms with van der Waals surface area (Å²) in [6.45, 7) is 0. The third-order valence-electron chi connectivity index (χ3n) is 0.597. The number of hydrogen-bond acceptors (Lipinski definition) is 0. The first-order valence-corrected chi connectivity index (χ1v) is 13.3. The van der Waals surface area contributed by atoms with Gasteiger partial charge in [-0.15, -0.1) is 0 Å². The van der Waals surface area contributed by atoms with E-state index < -0.39 is 76.0 Å². The molecule has 0 rings (SSSR count). The van der Waals surface area contributed by atoms with Gasteiger partial charge in [-0.3, -0.25) is 0 Å². The topological polar surface area (TPSA) is 0 Å². The first-order chi connectivity index (χ1) is 9.23. The van der Waals surface area contributed by atoms with Gasteiger partial charge in [0.15, 0.2) is 0 Å². The van der Waals surface area contributed by atoms with Crippen LogP contribution in [0.1, 0.15) is 0 Å². The molecule has 0 aliphatic heterocycles. The molecule has 0 aliphatic rings. The molecule has 19 heteroatoms. The molecule has 144 valence electrons. The predicted octanol–water partition coefficient (Wildman–Crippen LogP) is 3.89. The Labute approximate surface area is 136 Å². The molecule has 23 heavy (non-hydrogen) atoms. The van der Waals surface area contributed by atoms with Gasteiger partial charge < -0.3 is 0 Å². The molecule has 0 nitrogen and oxygen atoms in total. The fourth-order valence-corrected chi connectivity index (χ4v) is 9.34. The van der Waals surface area contributed by atoms with Crippen LogP contribution in [0.3, 0.4) is 0 Å². The minimum atomic E-state index is -11.1. The molecule has 0 aromatic heterocycles. The van der Waals surface area contributed by atoms with Crippen LogP contribution >= 0.6 is 0 Å². The second-order valence-electron chi connectivity index (χ2n) is 2.85. The Hall–Kier alpha value is 0.937. The van der Waals surface area contributed by atoms with Crippen LogP contribution in [0.5, 0.6) is 0 Å². The van der Waals surface area contributed by atoms with Gasteiger partial charge in [0.05, 0.1) is 0 Å². The van der Waals surface area contributed by atoms with Crippen molar-refractivity contribution in [3.8, 4) is 0 Å². The Morgan fingerprint density at radius 3 is 0.957 bits per heavy atom. The summed E-state index contributed by atoms with van der Waals surface area (Å²) in [5.41, 5.74) is 0. The van der Waals surface area contributed by atoms with E-state index in [0.29, 0.717) is 0 Å². The van der Waals surface area contributed by atoms with E-state index in [1.54, 1.807) is 0 Å². The molecule has 0 amide bonds. The third kappa shape index (κ3) is 39.6. The maximum atomic E-state index is 11.7. The molecule has 0 spiro atoms. The zero-order chi connectivity index (χ0) is 19.6. The van der Waals surface area contributed by atoms with Gasteiger partial charge >= 0.3 is 136 Å². The van der Waals surface area contributed by atoms with Crippen LogP contribution < -0.4 is 0 Å². The van der Waals surface area contributed by atoms with E-state index in [1.165, 1.54) is 0 Å².